The number of esters is 1. The Morgan fingerprint density at radius 1 is 1.38 bits per heavy atom. The van der Waals surface area contributed by atoms with Crippen molar-refractivity contribution in [2.45, 2.75) is 26.7 Å². The van der Waals surface area contributed by atoms with Crippen LogP contribution in [0.25, 0.3) is 10.2 Å². The van der Waals surface area contributed by atoms with Crippen LogP contribution in [0, 0.1) is 6.92 Å². The van der Waals surface area contributed by atoms with Gasteiger partial charge in [-0.15, -0.1) is 11.3 Å². The van der Waals surface area contributed by atoms with E-state index in [-0.39, 0.29) is 18.1 Å². The molecule has 0 saturated carbocycles. The van der Waals surface area contributed by atoms with Crippen molar-refractivity contribution in [3.63, 3.8) is 0 Å². The predicted octanol–water partition coefficient (Wildman–Crippen LogP) is 2.22. The third kappa shape index (κ3) is 3.14. The van der Waals surface area contributed by atoms with Crippen LogP contribution in [0.4, 0.5) is 0 Å². The minimum Gasteiger partial charge on any atom is -0.459 e. The Morgan fingerprint density at radius 2 is 2.10 bits per heavy atom. The topological polar surface area (TPSA) is 81.3 Å². The molecular formula is C14H18N2O4S. The van der Waals surface area contributed by atoms with Crippen molar-refractivity contribution in [1.29, 1.82) is 0 Å². The predicted molar refractivity (Wildman–Crippen MR) is 81.2 cm³/mol. The molecule has 1 N–H and O–H groups in total. The molecule has 2 aromatic rings. The minimum absolute atomic E-state index is 0.113. The second kappa shape index (κ2) is 6.36. The van der Waals surface area contributed by atoms with Gasteiger partial charge in [-0.3, -0.25) is 4.79 Å². The van der Waals surface area contributed by atoms with Crippen molar-refractivity contribution in [3.8, 4) is 0 Å². The monoisotopic (exact) mass is 310 g/mol. The Hall–Kier alpha value is -1.73. The average Bonchev–Trinajstić information content (AvgIpc) is 2.76. The highest BCUT2D eigenvalue weighted by Crippen LogP contribution is 2.28. The van der Waals surface area contributed by atoms with E-state index < -0.39 is 5.97 Å². The number of nitrogens with one attached hydrogen (secondary N) is 1. The van der Waals surface area contributed by atoms with E-state index in [0.717, 1.165) is 0 Å². The summed E-state index contributed by atoms with van der Waals surface area (Å²) in [4.78, 5) is 32.4. The number of aromatic amines is 1. The summed E-state index contributed by atoms with van der Waals surface area (Å²) in [6, 6.07) is 0. The van der Waals surface area contributed by atoms with Gasteiger partial charge in [-0.2, -0.15) is 0 Å². The first-order chi connectivity index (χ1) is 9.95. The fourth-order valence-corrected chi connectivity index (χ4v) is 2.99. The fourth-order valence-electron chi connectivity index (χ4n) is 1.91. The van der Waals surface area contributed by atoms with E-state index in [4.69, 9.17) is 9.47 Å². The molecule has 0 saturated heterocycles. The first kappa shape index (κ1) is 15.7. The van der Waals surface area contributed by atoms with Gasteiger partial charge in [0.1, 0.15) is 22.1 Å². The molecule has 2 rings (SSSR count). The number of H-pyrrole nitrogens is 1. The van der Waals surface area contributed by atoms with Gasteiger partial charge in [0.2, 0.25) is 0 Å². The van der Waals surface area contributed by atoms with Crippen molar-refractivity contribution < 1.29 is 14.3 Å². The lowest BCUT2D eigenvalue weighted by Crippen LogP contribution is -2.13. The van der Waals surface area contributed by atoms with E-state index in [1.807, 2.05) is 13.8 Å². The molecule has 7 heteroatoms. The quantitative estimate of drug-likeness (QED) is 0.676. The number of aromatic nitrogens is 2. The molecule has 6 nitrogen and oxygen atoms in total. The van der Waals surface area contributed by atoms with Gasteiger partial charge in [0.05, 0.1) is 12.0 Å². The summed E-state index contributed by atoms with van der Waals surface area (Å²) in [5.74, 6) is 0.285. The number of nitrogens with zero attached hydrogens (tertiary/aromatic N) is 1. The van der Waals surface area contributed by atoms with Crippen LogP contribution >= 0.6 is 11.3 Å². The van der Waals surface area contributed by atoms with Crippen LogP contribution in [0.5, 0.6) is 0 Å². The van der Waals surface area contributed by atoms with Gasteiger partial charge in [-0.1, -0.05) is 13.8 Å². The lowest BCUT2D eigenvalue weighted by atomic mass is 10.2. The van der Waals surface area contributed by atoms with Gasteiger partial charge >= 0.3 is 5.97 Å². The fraction of sp³-hybridized carbons (Fsp3) is 0.500. The number of carbonyl (C=O) groups excluding carboxylic acids is 1. The van der Waals surface area contributed by atoms with Crippen LogP contribution in [0.2, 0.25) is 0 Å². The van der Waals surface area contributed by atoms with E-state index in [2.05, 4.69) is 9.97 Å². The molecule has 114 valence electrons. The second-order valence-corrected chi connectivity index (χ2v) is 5.97. The van der Waals surface area contributed by atoms with Crippen LogP contribution in [0.3, 0.4) is 0 Å². The molecule has 0 atom stereocenters. The van der Waals surface area contributed by atoms with Crippen molar-refractivity contribution in [2.75, 3.05) is 20.3 Å². The number of fused-ring (bicyclic) bond motifs is 1. The maximum Gasteiger partial charge on any atom is 0.348 e. The lowest BCUT2D eigenvalue weighted by molar-refractivity contribution is 0.0393. The zero-order valence-corrected chi connectivity index (χ0v) is 13.3. The van der Waals surface area contributed by atoms with Gasteiger partial charge in [-0.05, 0) is 12.5 Å². The van der Waals surface area contributed by atoms with E-state index in [0.29, 0.717) is 33.1 Å². The third-order valence-corrected chi connectivity index (χ3v) is 4.24. The number of hydrogen-bond donors (Lipinski definition) is 1. The second-order valence-electron chi connectivity index (χ2n) is 4.97. The molecule has 0 unspecified atom stereocenters. The highest BCUT2D eigenvalue weighted by atomic mass is 32.1. The van der Waals surface area contributed by atoms with Gasteiger partial charge in [0.25, 0.3) is 5.56 Å². The molecule has 0 spiro atoms. The van der Waals surface area contributed by atoms with Gasteiger partial charge in [0, 0.05) is 13.0 Å². The van der Waals surface area contributed by atoms with Gasteiger partial charge in [-0.25, -0.2) is 9.78 Å². The maximum absolute atomic E-state index is 12.2. The highest BCUT2D eigenvalue weighted by molar-refractivity contribution is 7.20. The molecule has 0 aliphatic heterocycles. The number of hydrogen-bond acceptors (Lipinski definition) is 6. The lowest BCUT2D eigenvalue weighted by Gasteiger charge is -2.03. The van der Waals surface area contributed by atoms with E-state index >= 15 is 0 Å². The summed E-state index contributed by atoms with van der Waals surface area (Å²) >= 11 is 1.19. The molecule has 0 aliphatic rings. The van der Waals surface area contributed by atoms with E-state index in [1.54, 1.807) is 6.92 Å². The average molecular weight is 310 g/mol. The zero-order valence-electron chi connectivity index (χ0n) is 12.5. The Kier molecular flexibility index (Phi) is 4.74. The van der Waals surface area contributed by atoms with Crippen molar-refractivity contribution in [2.24, 2.45) is 0 Å². The first-order valence-electron chi connectivity index (χ1n) is 6.65. The Morgan fingerprint density at radius 3 is 2.71 bits per heavy atom. The molecule has 0 aliphatic carbocycles. The van der Waals surface area contributed by atoms with Gasteiger partial charge < -0.3 is 14.5 Å². The summed E-state index contributed by atoms with van der Waals surface area (Å²) < 4.78 is 9.94. The molecule has 0 bridgehead atoms. The molecule has 0 radical (unpaired) electrons. The Balaban J connectivity index is 2.43. The van der Waals surface area contributed by atoms with E-state index in [1.165, 1.54) is 18.4 Å². The first-order valence-corrected chi connectivity index (χ1v) is 7.46. The summed E-state index contributed by atoms with van der Waals surface area (Å²) in [5, 5.41) is 0.461. The van der Waals surface area contributed by atoms with Crippen LogP contribution in [0.1, 0.15) is 40.8 Å². The van der Waals surface area contributed by atoms with Crippen LogP contribution < -0.4 is 5.56 Å². The molecule has 2 heterocycles. The third-order valence-electron chi connectivity index (χ3n) is 3.07. The maximum atomic E-state index is 12.2. The van der Waals surface area contributed by atoms with Gasteiger partial charge in [0.15, 0.2) is 0 Å². The molecule has 21 heavy (non-hydrogen) atoms. The molecule has 0 aromatic carbocycles. The number of carbonyl (C=O) groups is 1. The smallest absolute Gasteiger partial charge is 0.348 e. The summed E-state index contributed by atoms with van der Waals surface area (Å²) in [6.07, 6.45) is 0. The molecule has 2 aromatic heterocycles. The Labute approximate surface area is 126 Å². The molecule has 0 fully saturated rings. The Bertz CT molecular complexity index is 718. The normalized spacial score (nSPS) is 11.3. The largest absolute Gasteiger partial charge is 0.459 e. The van der Waals surface area contributed by atoms with Crippen LogP contribution in [-0.2, 0) is 9.47 Å². The van der Waals surface area contributed by atoms with Crippen molar-refractivity contribution in [1.82, 2.24) is 9.97 Å². The number of aryl methyl sites for hydroxylation is 1. The van der Waals surface area contributed by atoms with E-state index in [9.17, 15) is 9.59 Å². The van der Waals surface area contributed by atoms with Crippen LogP contribution in [-0.4, -0.2) is 36.3 Å². The molecule has 0 amide bonds. The summed E-state index contributed by atoms with van der Waals surface area (Å²) in [6.45, 7) is 6.16. The summed E-state index contributed by atoms with van der Waals surface area (Å²) in [5.41, 5.74) is 0.398. The number of ether oxygens (including phenoxy) is 2. The van der Waals surface area contributed by atoms with Crippen LogP contribution in [0.15, 0.2) is 4.79 Å². The summed E-state index contributed by atoms with van der Waals surface area (Å²) in [7, 11) is 1.54. The number of rotatable bonds is 5. The zero-order chi connectivity index (χ0) is 15.6. The van der Waals surface area contributed by atoms with Crippen molar-refractivity contribution >= 4 is 27.5 Å². The minimum atomic E-state index is -0.446. The standard InChI is InChI=1S/C14H18N2O4S/c1-7(2)11-15-12(17)9-8(3)10(21-13(9)16-11)14(18)20-6-5-19-4/h7H,5-6H2,1-4H3,(H,15,16,17). The number of thiophene rings is 1. The van der Waals surface area contributed by atoms with Crippen molar-refractivity contribution in [3.05, 3.63) is 26.6 Å². The molecular weight excluding hydrogens is 292 g/mol. The highest BCUT2D eigenvalue weighted by Gasteiger charge is 2.20. The number of methoxy groups -OCH3 is 1. The SMILES string of the molecule is COCCOC(=O)c1sc2nc(C(C)C)[nH]c(=O)c2c1C.